The van der Waals surface area contributed by atoms with Crippen molar-refractivity contribution in [3.63, 3.8) is 0 Å². The lowest BCUT2D eigenvalue weighted by Crippen LogP contribution is -2.53. The molecule has 11 heteroatoms. The number of nitrogens with one attached hydrogen (secondary N) is 2. The second-order valence-corrected chi connectivity index (χ2v) is 9.81. The van der Waals surface area contributed by atoms with Gasteiger partial charge in [-0.25, -0.2) is 19.2 Å². The average Bonchev–Trinajstić information content (AvgIpc) is 3.06. The Labute approximate surface area is 257 Å². The maximum atomic E-state index is 13.6. The van der Waals surface area contributed by atoms with Crippen LogP contribution in [0.5, 0.6) is 0 Å². The van der Waals surface area contributed by atoms with Crippen molar-refractivity contribution in [2.45, 2.75) is 31.3 Å². The minimum atomic E-state index is -0.966. The Morgan fingerprint density at radius 3 is 1.59 bits per heavy atom. The largest absolute Gasteiger partial charge is 0.467 e. The summed E-state index contributed by atoms with van der Waals surface area (Å²) in [6, 6.07) is 26.2. The number of urea groups is 2. The SMILES string of the molecule is COC(=O)[C@H](Cc1ccccc1)NC(=O)N(CCC#N)CCN(C(=O)N[C@@H](Cc1ccccc1)C(=O)OC)c1ccccc1. The third kappa shape index (κ3) is 10.2. The van der Waals surface area contributed by atoms with E-state index in [9.17, 15) is 24.4 Å². The number of rotatable bonds is 14. The Morgan fingerprint density at radius 1 is 0.682 bits per heavy atom. The average molecular weight is 600 g/mol. The van der Waals surface area contributed by atoms with Crippen molar-refractivity contribution in [2.75, 3.05) is 38.8 Å². The van der Waals surface area contributed by atoms with Crippen LogP contribution in [0.3, 0.4) is 0 Å². The Hall–Kier alpha value is -5.37. The van der Waals surface area contributed by atoms with Crippen LogP contribution in [0.1, 0.15) is 17.5 Å². The van der Waals surface area contributed by atoms with Gasteiger partial charge in [0.2, 0.25) is 0 Å². The van der Waals surface area contributed by atoms with Crippen LogP contribution in [-0.2, 0) is 31.9 Å². The molecule has 0 radical (unpaired) electrons. The standard InChI is InChI=1S/C33H37N5O6/c1-43-30(39)28(23-25-13-6-3-7-14-25)35-32(41)37(20-12-19-34)21-22-38(27-17-10-5-11-18-27)33(42)36-29(31(40)44-2)24-26-15-8-4-9-16-26/h3-11,13-18,28-29H,12,20-24H2,1-2H3,(H,35,41)(H,36,42)/t28-,29-/m0/s1. The highest BCUT2D eigenvalue weighted by Crippen LogP contribution is 2.15. The zero-order valence-corrected chi connectivity index (χ0v) is 24.8. The molecule has 230 valence electrons. The van der Waals surface area contributed by atoms with Crippen molar-refractivity contribution in [3.8, 4) is 6.07 Å². The van der Waals surface area contributed by atoms with Crippen LogP contribution in [0.4, 0.5) is 15.3 Å². The van der Waals surface area contributed by atoms with Gasteiger partial charge in [-0.05, 0) is 23.3 Å². The Bertz CT molecular complexity index is 1400. The number of hydrogen-bond acceptors (Lipinski definition) is 7. The predicted octanol–water partition coefficient (Wildman–Crippen LogP) is 3.70. The monoisotopic (exact) mass is 599 g/mol. The van der Waals surface area contributed by atoms with Gasteiger partial charge in [-0.3, -0.25) is 4.90 Å². The van der Waals surface area contributed by atoms with E-state index in [1.807, 2.05) is 66.7 Å². The molecule has 0 aromatic heterocycles. The van der Waals surface area contributed by atoms with E-state index in [1.165, 1.54) is 24.0 Å². The fraction of sp³-hybridized carbons (Fsp3) is 0.303. The number of nitrogens with zero attached hydrogens (tertiary/aromatic N) is 3. The van der Waals surface area contributed by atoms with Gasteiger partial charge in [-0.2, -0.15) is 5.26 Å². The first kappa shape index (κ1) is 33.1. The van der Waals surface area contributed by atoms with E-state index < -0.39 is 36.1 Å². The second-order valence-electron chi connectivity index (χ2n) is 9.81. The predicted molar refractivity (Wildman–Crippen MR) is 165 cm³/mol. The molecule has 0 heterocycles. The van der Waals surface area contributed by atoms with Crippen molar-refractivity contribution in [1.82, 2.24) is 15.5 Å². The van der Waals surface area contributed by atoms with E-state index in [2.05, 4.69) is 10.6 Å². The van der Waals surface area contributed by atoms with Crippen LogP contribution in [0.2, 0.25) is 0 Å². The highest BCUT2D eigenvalue weighted by molar-refractivity contribution is 5.95. The molecule has 0 aliphatic heterocycles. The third-order valence-electron chi connectivity index (χ3n) is 6.82. The summed E-state index contributed by atoms with van der Waals surface area (Å²) in [5.74, 6) is -1.21. The molecule has 3 aromatic carbocycles. The highest BCUT2D eigenvalue weighted by atomic mass is 16.5. The first-order valence-corrected chi connectivity index (χ1v) is 14.1. The Kier molecular flexibility index (Phi) is 13.2. The van der Waals surface area contributed by atoms with E-state index in [4.69, 9.17) is 9.47 Å². The lowest BCUT2D eigenvalue weighted by Gasteiger charge is -2.30. The number of ether oxygens (including phenoxy) is 2. The molecular weight excluding hydrogens is 562 g/mol. The van der Waals surface area contributed by atoms with E-state index >= 15 is 0 Å². The highest BCUT2D eigenvalue weighted by Gasteiger charge is 2.28. The molecule has 0 aliphatic carbocycles. The van der Waals surface area contributed by atoms with Crippen LogP contribution in [0, 0.1) is 11.3 Å². The summed E-state index contributed by atoms with van der Waals surface area (Å²) in [6.45, 7) is 0.108. The smallest absolute Gasteiger partial charge is 0.328 e. The van der Waals surface area contributed by atoms with Crippen LogP contribution in [0.15, 0.2) is 91.0 Å². The fourth-order valence-corrected chi connectivity index (χ4v) is 4.51. The second kappa shape index (κ2) is 17.6. The van der Waals surface area contributed by atoms with Gasteiger partial charge in [0.15, 0.2) is 0 Å². The fourth-order valence-electron chi connectivity index (χ4n) is 4.51. The van der Waals surface area contributed by atoms with Gasteiger partial charge in [0.1, 0.15) is 12.1 Å². The van der Waals surface area contributed by atoms with Crippen molar-refractivity contribution < 1.29 is 28.7 Å². The molecule has 0 bridgehead atoms. The summed E-state index contributed by atoms with van der Waals surface area (Å²) < 4.78 is 9.87. The van der Waals surface area contributed by atoms with Crippen LogP contribution < -0.4 is 15.5 Å². The maximum absolute atomic E-state index is 13.6. The summed E-state index contributed by atoms with van der Waals surface area (Å²) in [4.78, 5) is 55.0. The van der Waals surface area contributed by atoms with Crippen molar-refractivity contribution >= 4 is 29.7 Å². The summed E-state index contributed by atoms with van der Waals surface area (Å²) in [6.07, 6.45) is 0.461. The van der Waals surface area contributed by atoms with Gasteiger partial charge >= 0.3 is 24.0 Å². The number of methoxy groups -OCH3 is 2. The third-order valence-corrected chi connectivity index (χ3v) is 6.82. The molecule has 3 aromatic rings. The van der Waals surface area contributed by atoms with Crippen LogP contribution in [0.25, 0.3) is 0 Å². The number of amides is 4. The van der Waals surface area contributed by atoms with Crippen molar-refractivity contribution in [1.29, 1.82) is 5.26 Å². The summed E-state index contributed by atoms with van der Waals surface area (Å²) >= 11 is 0. The molecular formula is C33H37N5O6. The van der Waals surface area contributed by atoms with E-state index in [-0.39, 0.29) is 38.9 Å². The Morgan fingerprint density at radius 2 is 1.14 bits per heavy atom. The number of para-hydroxylation sites is 1. The number of nitriles is 1. The van der Waals surface area contributed by atoms with Crippen LogP contribution >= 0.6 is 0 Å². The quantitative estimate of drug-likeness (QED) is 0.269. The molecule has 0 saturated carbocycles. The molecule has 2 N–H and O–H groups in total. The van der Waals surface area contributed by atoms with Gasteiger partial charge < -0.3 is 25.0 Å². The van der Waals surface area contributed by atoms with Gasteiger partial charge in [-0.15, -0.1) is 0 Å². The molecule has 0 fully saturated rings. The van der Waals surface area contributed by atoms with Crippen molar-refractivity contribution in [3.05, 3.63) is 102 Å². The summed E-state index contributed by atoms with van der Waals surface area (Å²) in [5.41, 5.74) is 2.20. The summed E-state index contributed by atoms with van der Waals surface area (Å²) in [5, 5.41) is 14.7. The molecule has 0 aliphatic rings. The molecule has 0 spiro atoms. The van der Waals surface area contributed by atoms with E-state index in [0.717, 1.165) is 11.1 Å². The maximum Gasteiger partial charge on any atom is 0.328 e. The van der Waals surface area contributed by atoms with Gasteiger partial charge in [0.25, 0.3) is 0 Å². The van der Waals surface area contributed by atoms with Crippen LogP contribution in [-0.4, -0.2) is 74.8 Å². The number of carbonyl (C=O) groups excluding carboxylic acids is 4. The normalized spacial score (nSPS) is 11.7. The van der Waals surface area contributed by atoms with Gasteiger partial charge in [0.05, 0.1) is 26.7 Å². The number of benzene rings is 3. The molecule has 11 nitrogen and oxygen atoms in total. The van der Waals surface area contributed by atoms with Gasteiger partial charge in [0, 0.05) is 38.2 Å². The molecule has 44 heavy (non-hydrogen) atoms. The zero-order valence-electron chi connectivity index (χ0n) is 24.8. The first-order chi connectivity index (χ1) is 21.4. The van der Waals surface area contributed by atoms with Crippen molar-refractivity contribution in [2.24, 2.45) is 0 Å². The number of esters is 2. The number of hydrogen-bond donors (Lipinski definition) is 2. The summed E-state index contributed by atoms with van der Waals surface area (Å²) in [7, 11) is 2.50. The molecule has 0 unspecified atom stereocenters. The first-order valence-electron chi connectivity index (χ1n) is 14.1. The topological polar surface area (TPSA) is 141 Å². The van der Waals surface area contributed by atoms with E-state index in [0.29, 0.717) is 5.69 Å². The number of anilines is 1. The lowest BCUT2D eigenvalue weighted by molar-refractivity contribution is -0.143. The molecule has 0 saturated heterocycles. The lowest BCUT2D eigenvalue weighted by atomic mass is 10.1. The van der Waals surface area contributed by atoms with Gasteiger partial charge in [-0.1, -0.05) is 78.9 Å². The minimum Gasteiger partial charge on any atom is -0.467 e. The molecule has 3 rings (SSSR count). The zero-order chi connectivity index (χ0) is 31.7. The Balaban J connectivity index is 1.79. The minimum absolute atomic E-state index is 0.0233. The molecule has 2 atom stereocenters. The van der Waals surface area contributed by atoms with E-state index in [1.54, 1.807) is 30.3 Å². The molecule has 4 amide bonds. The number of carbonyl (C=O) groups is 4.